The second kappa shape index (κ2) is 8.68. The molecule has 0 radical (unpaired) electrons. The van der Waals surface area contributed by atoms with Crippen molar-refractivity contribution in [2.45, 2.75) is 51.2 Å². The molecule has 5 heteroatoms. The molecular formula is C20H31N3O2. The largest absolute Gasteiger partial charge is 0.378 e. The number of carbonyl (C=O) groups excluding carboxylic acids is 1. The van der Waals surface area contributed by atoms with Crippen molar-refractivity contribution < 1.29 is 9.53 Å². The van der Waals surface area contributed by atoms with Gasteiger partial charge in [0.05, 0.1) is 19.3 Å². The number of para-hydroxylation sites is 1. The average Bonchev–Trinajstić information content (AvgIpc) is 3.15. The van der Waals surface area contributed by atoms with E-state index in [0.717, 1.165) is 45.7 Å². The Bertz CT molecular complexity index is 566. The molecule has 0 aromatic heterocycles. The molecule has 25 heavy (non-hydrogen) atoms. The van der Waals surface area contributed by atoms with Crippen LogP contribution in [0.25, 0.3) is 0 Å². The summed E-state index contributed by atoms with van der Waals surface area (Å²) in [4.78, 5) is 17.1. The maximum absolute atomic E-state index is 12.5. The van der Waals surface area contributed by atoms with Gasteiger partial charge >= 0.3 is 0 Å². The summed E-state index contributed by atoms with van der Waals surface area (Å²) in [5.41, 5.74) is 2.54. The number of anilines is 1. The zero-order chi connectivity index (χ0) is 17.6. The summed E-state index contributed by atoms with van der Waals surface area (Å²) >= 11 is 0. The van der Waals surface area contributed by atoms with Crippen LogP contribution in [-0.2, 0) is 16.1 Å². The fourth-order valence-electron chi connectivity index (χ4n) is 3.76. The first-order valence-electron chi connectivity index (χ1n) is 9.56. The maximum atomic E-state index is 12.5. The monoisotopic (exact) mass is 345 g/mol. The SMILES string of the molecule is CC(C(=O)NC1CCCC1)N(C)Cc1ccccc1N1CCOCC1. The summed E-state index contributed by atoms with van der Waals surface area (Å²) in [6.45, 7) is 6.19. The topological polar surface area (TPSA) is 44.8 Å². The van der Waals surface area contributed by atoms with Gasteiger partial charge in [-0.2, -0.15) is 0 Å². The van der Waals surface area contributed by atoms with E-state index in [4.69, 9.17) is 4.74 Å². The number of amides is 1. The van der Waals surface area contributed by atoms with Crippen LogP contribution < -0.4 is 10.2 Å². The van der Waals surface area contributed by atoms with Gasteiger partial charge in [-0.1, -0.05) is 31.0 Å². The number of nitrogens with zero attached hydrogens (tertiary/aromatic N) is 2. The van der Waals surface area contributed by atoms with E-state index in [1.807, 2.05) is 14.0 Å². The van der Waals surface area contributed by atoms with Crippen LogP contribution in [0.15, 0.2) is 24.3 Å². The zero-order valence-electron chi connectivity index (χ0n) is 15.5. The van der Waals surface area contributed by atoms with Crippen molar-refractivity contribution >= 4 is 11.6 Å². The molecule has 1 heterocycles. The van der Waals surface area contributed by atoms with Gasteiger partial charge < -0.3 is 15.0 Å². The first-order valence-corrected chi connectivity index (χ1v) is 9.56. The third kappa shape index (κ3) is 4.73. The van der Waals surface area contributed by atoms with Crippen molar-refractivity contribution in [1.82, 2.24) is 10.2 Å². The highest BCUT2D eigenvalue weighted by molar-refractivity contribution is 5.81. The fourth-order valence-corrected chi connectivity index (χ4v) is 3.76. The minimum atomic E-state index is -0.127. The number of carbonyl (C=O) groups is 1. The Labute approximate surface area is 151 Å². The predicted molar refractivity (Wildman–Crippen MR) is 101 cm³/mol. The van der Waals surface area contributed by atoms with E-state index >= 15 is 0 Å². The molecule has 1 unspecified atom stereocenters. The van der Waals surface area contributed by atoms with Gasteiger partial charge in [-0.05, 0) is 38.4 Å². The second-order valence-electron chi connectivity index (χ2n) is 7.31. The smallest absolute Gasteiger partial charge is 0.237 e. The molecule has 1 amide bonds. The summed E-state index contributed by atoms with van der Waals surface area (Å²) < 4.78 is 5.47. The van der Waals surface area contributed by atoms with Gasteiger partial charge in [0.15, 0.2) is 0 Å². The number of hydrogen-bond donors (Lipinski definition) is 1. The van der Waals surface area contributed by atoms with E-state index in [2.05, 4.69) is 39.4 Å². The number of rotatable bonds is 6. The van der Waals surface area contributed by atoms with Crippen molar-refractivity contribution in [3.8, 4) is 0 Å². The third-order valence-corrected chi connectivity index (χ3v) is 5.51. The molecule has 2 fully saturated rings. The van der Waals surface area contributed by atoms with Crippen molar-refractivity contribution in [2.75, 3.05) is 38.3 Å². The standard InChI is InChI=1S/C20H31N3O2/c1-16(20(24)21-18-8-4-5-9-18)22(2)15-17-7-3-6-10-19(17)23-11-13-25-14-12-23/h3,6-7,10,16,18H,4-5,8-9,11-15H2,1-2H3,(H,21,24). The molecule has 1 saturated carbocycles. The lowest BCUT2D eigenvalue weighted by molar-refractivity contribution is -0.126. The van der Waals surface area contributed by atoms with E-state index in [-0.39, 0.29) is 11.9 Å². The molecule has 0 spiro atoms. The van der Waals surface area contributed by atoms with Crippen LogP contribution in [0, 0.1) is 0 Å². The lowest BCUT2D eigenvalue weighted by Gasteiger charge is -2.32. The van der Waals surface area contributed by atoms with Crippen LogP contribution in [0.4, 0.5) is 5.69 Å². The average molecular weight is 345 g/mol. The molecule has 0 bridgehead atoms. The van der Waals surface area contributed by atoms with Gasteiger partial charge in [0.1, 0.15) is 0 Å². The van der Waals surface area contributed by atoms with Gasteiger partial charge in [0.25, 0.3) is 0 Å². The Morgan fingerprint density at radius 2 is 1.96 bits per heavy atom. The fraction of sp³-hybridized carbons (Fsp3) is 0.650. The number of hydrogen-bond acceptors (Lipinski definition) is 4. The zero-order valence-corrected chi connectivity index (χ0v) is 15.5. The van der Waals surface area contributed by atoms with Gasteiger partial charge in [-0.25, -0.2) is 0 Å². The highest BCUT2D eigenvalue weighted by Crippen LogP contribution is 2.23. The van der Waals surface area contributed by atoms with E-state index in [0.29, 0.717) is 6.04 Å². The molecule has 3 rings (SSSR count). The minimum absolute atomic E-state index is 0.127. The van der Waals surface area contributed by atoms with Crippen molar-refractivity contribution in [3.63, 3.8) is 0 Å². The molecule has 5 nitrogen and oxygen atoms in total. The second-order valence-corrected chi connectivity index (χ2v) is 7.31. The summed E-state index contributed by atoms with van der Waals surface area (Å²) in [6, 6.07) is 8.77. The van der Waals surface area contributed by atoms with Crippen LogP contribution in [-0.4, -0.2) is 56.2 Å². The first kappa shape index (κ1) is 18.2. The molecule has 138 valence electrons. The van der Waals surface area contributed by atoms with Crippen molar-refractivity contribution in [3.05, 3.63) is 29.8 Å². The Morgan fingerprint density at radius 3 is 2.68 bits per heavy atom. The van der Waals surface area contributed by atoms with Gasteiger partial charge in [-0.3, -0.25) is 9.69 Å². The molecule has 1 aromatic rings. The first-order chi connectivity index (χ1) is 12.1. The van der Waals surface area contributed by atoms with Crippen LogP contribution in [0.2, 0.25) is 0 Å². The molecular weight excluding hydrogens is 314 g/mol. The van der Waals surface area contributed by atoms with Gasteiger partial charge in [0.2, 0.25) is 5.91 Å². The Balaban J connectivity index is 1.61. The third-order valence-electron chi connectivity index (χ3n) is 5.51. The van der Waals surface area contributed by atoms with E-state index in [1.165, 1.54) is 24.1 Å². The highest BCUT2D eigenvalue weighted by Gasteiger charge is 2.24. The summed E-state index contributed by atoms with van der Waals surface area (Å²) in [5.74, 6) is 0.151. The van der Waals surface area contributed by atoms with Crippen LogP contribution in [0.1, 0.15) is 38.2 Å². The Hall–Kier alpha value is -1.59. The summed E-state index contributed by atoms with van der Waals surface area (Å²) in [7, 11) is 2.04. The number of benzene rings is 1. The highest BCUT2D eigenvalue weighted by atomic mass is 16.5. The van der Waals surface area contributed by atoms with E-state index in [9.17, 15) is 4.79 Å². The molecule has 1 saturated heterocycles. The predicted octanol–water partition coefficient (Wildman–Crippen LogP) is 2.40. The molecule has 1 aliphatic heterocycles. The number of likely N-dealkylation sites (N-methyl/N-ethyl adjacent to an activating group) is 1. The lowest BCUT2D eigenvalue weighted by atomic mass is 10.1. The van der Waals surface area contributed by atoms with Gasteiger partial charge in [-0.15, -0.1) is 0 Å². The molecule has 2 aliphatic rings. The minimum Gasteiger partial charge on any atom is -0.378 e. The molecule has 1 aliphatic carbocycles. The van der Waals surface area contributed by atoms with E-state index in [1.54, 1.807) is 0 Å². The maximum Gasteiger partial charge on any atom is 0.237 e. The van der Waals surface area contributed by atoms with Crippen molar-refractivity contribution in [1.29, 1.82) is 0 Å². The Kier molecular flexibility index (Phi) is 6.32. The molecule has 1 aromatic carbocycles. The van der Waals surface area contributed by atoms with Crippen LogP contribution in [0.3, 0.4) is 0 Å². The summed E-state index contributed by atoms with van der Waals surface area (Å²) in [6.07, 6.45) is 4.73. The van der Waals surface area contributed by atoms with E-state index < -0.39 is 0 Å². The lowest BCUT2D eigenvalue weighted by Crippen LogP contribution is -2.46. The number of morpholine rings is 1. The number of ether oxygens (including phenoxy) is 1. The Morgan fingerprint density at radius 1 is 1.28 bits per heavy atom. The number of nitrogens with one attached hydrogen (secondary N) is 1. The van der Waals surface area contributed by atoms with Crippen LogP contribution in [0.5, 0.6) is 0 Å². The molecule has 1 atom stereocenters. The molecule has 1 N–H and O–H groups in total. The summed E-state index contributed by atoms with van der Waals surface area (Å²) in [5, 5.41) is 3.22. The van der Waals surface area contributed by atoms with Gasteiger partial charge in [0, 0.05) is 31.4 Å². The normalized spacial score (nSPS) is 20.0. The van der Waals surface area contributed by atoms with Crippen molar-refractivity contribution in [2.24, 2.45) is 0 Å². The quantitative estimate of drug-likeness (QED) is 0.860. The van der Waals surface area contributed by atoms with Crippen LogP contribution >= 0.6 is 0 Å².